The minimum absolute atomic E-state index is 0.0110. The summed E-state index contributed by atoms with van der Waals surface area (Å²) in [6, 6.07) is 0. The van der Waals surface area contributed by atoms with Crippen molar-refractivity contribution in [3.63, 3.8) is 0 Å². The fourth-order valence-corrected chi connectivity index (χ4v) is 7.96. The van der Waals surface area contributed by atoms with E-state index in [9.17, 15) is 19.5 Å². The molecule has 0 aliphatic heterocycles. The summed E-state index contributed by atoms with van der Waals surface area (Å²) < 4.78 is 5.49. The summed E-state index contributed by atoms with van der Waals surface area (Å²) in [5.41, 5.74) is -2.05. The fourth-order valence-electron chi connectivity index (χ4n) is 7.96. The monoisotopic (exact) mass is 390 g/mol. The second kappa shape index (κ2) is 6.38. The first kappa shape index (κ1) is 20.1. The number of hydrogen-bond donors (Lipinski definition) is 1. The summed E-state index contributed by atoms with van der Waals surface area (Å²) >= 11 is 0. The Morgan fingerprint density at radius 2 is 1.79 bits per heavy atom. The smallest absolute Gasteiger partial charge is 0.302 e. The number of esters is 1. The van der Waals surface area contributed by atoms with Crippen LogP contribution in [0.25, 0.3) is 0 Å². The average molecular weight is 391 g/mol. The lowest BCUT2D eigenvalue weighted by Gasteiger charge is -2.60. The minimum atomic E-state index is -1.36. The van der Waals surface area contributed by atoms with Gasteiger partial charge in [-0.15, -0.1) is 0 Å². The molecular formula is C23H34O5. The molecule has 0 radical (unpaired) electrons. The van der Waals surface area contributed by atoms with Crippen LogP contribution in [0.3, 0.4) is 0 Å². The number of rotatable bonds is 2. The summed E-state index contributed by atoms with van der Waals surface area (Å²) in [5, 5.41) is 11.2. The first-order valence-electron chi connectivity index (χ1n) is 11.0. The van der Waals surface area contributed by atoms with Gasteiger partial charge in [0.2, 0.25) is 0 Å². The maximum absolute atomic E-state index is 13.5. The molecule has 156 valence electrons. The Labute approximate surface area is 167 Å². The van der Waals surface area contributed by atoms with E-state index >= 15 is 0 Å². The van der Waals surface area contributed by atoms with Gasteiger partial charge in [0, 0.05) is 24.7 Å². The van der Waals surface area contributed by atoms with Crippen LogP contribution in [-0.4, -0.2) is 34.3 Å². The molecular weight excluding hydrogens is 356 g/mol. The van der Waals surface area contributed by atoms with Crippen LogP contribution in [-0.2, 0) is 19.1 Å². The lowest BCUT2D eigenvalue weighted by atomic mass is 9.44. The van der Waals surface area contributed by atoms with Crippen molar-refractivity contribution in [1.82, 2.24) is 0 Å². The second-order valence-electron chi connectivity index (χ2n) is 10.5. The Kier molecular flexibility index (Phi) is 4.57. The van der Waals surface area contributed by atoms with Gasteiger partial charge in [0.15, 0.2) is 5.78 Å². The fraction of sp³-hybridized carbons (Fsp3) is 0.870. The molecule has 4 aliphatic rings. The number of Topliss-reactive ketones (excluding diaryl/α,β-unsaturated/α-hetero) is 2. The van der Waals surface area contributed by atoms with E-state index in [1.807, 2.05) is 6.92 Å². The largest absolute Gasteiger partial charge is 0.463 e. The number of carbonyl (C=O) groups excluding carboxylic acids is 3. The molecule has 0 spiro atoms. The average Bonchev–Trinajstić information content (AvgIpc) is 2.86. The normalized spacial score (nSPS) is 50.3. The molecule has 5 nitrogen and oxygen atoms in total. The van der Waals surface area contributed by atoms with Gasteiger partial charge in [-0.1, -0.05) is 13.8 Å². The molecule has 5 heteroatoms. The molecule has 0 saturated heterocycles. The number of ketones is 2. The maximum atomic E-state index is 13.5. The van der Waals surface area contributed by atoms with Gasteiger partial charge in [-0.25, -0.2) is 0 Å². The molecule has 0 bridgehead atoms. The highest BCUT2D eigenvalue weighted by Crippen LogP contribution is 2.67. The third-order valence-electron chi connectivity index (χ3n) is 9.37. The summed E-state index contributed by atoms with van der Waals surface area (Å²) in [6.07, 6.45) is 6.19. The summed E-state index contributed by atoms with van der Waals surface area (Å²) in [4.78, 5) is 37.2. The highest BCUT2D eigenvalue weighted by atomic mass is 16.5. The van der Waals surface area contributed by atoms with Crippen LogP contribution in [0, 0.1) is 34.5 Å². The quantitative estimate of drug-likeness (QED) is 0.730. The van der Waals surface area contributed by atoms with Crippen LogP contribution in [0.4, 0.5) is 0 Å². The van der Waals surface area contributed by atoms with Gasteiger partial charge < -0.3 is 9.84 Å². The van der Waals surface area contributed by atoms with E-state index in [1.165, 1.54) is 13.8 Å². The summed E-state index contributed by atoms with van der Waals surface area (Å²) in [5.74, 6) is 0.722. The predicted molar refractivity (Wildman–Crippen MR) is 103 cm³/mol. The van der Waals surface area contributed by atoms with Crippen LogP contribution >= 0.6 is 0 Å². The Morgan fingerprint density at radius 1 is 1.07 bits per heavy atom. The van der Waals surface area contributed by atoms with Gasteiger partial charge in [0.25, 0.3) is 0 Å². The van der Waals surface area contributed by atoms with E-state index in [0.29, 0.717) is 18.8 Å². The van der Waals surface area contributed by atoms with E-state index in [2.05, 4.69) is 6.92 Å². The minimum Gasteiger partial charge on any atom is -0.463 e. The topological polar surface area (TPSA) is 80.7 Å². The van der Waals surface area contributed by atoms with Crippen LogP contribution in [0.2, 0.25) is 0 Å². The van der Waals surface area contributed by atoms with E-state index in [0.717, 1.165) is 38.5 Å². The third-order valence-corrected chi connectivity index (χ3v) is 9.37. The van der Waals surface area contributed by atoms with E-state index in [-0.39, 0.29) is 46.8 Å². The van der Waals surface area contributed by atoms with Crippen molar-refractivity contribution in [3.05, 3.63) is 0 Å². The molecule has 4 saturated carbocycles. The molecule has 4 aliphatic carbocycles. The van der Waals surface area contributed by atoms with Gasteiger partial charge in [0.1, 0.15) is 17.5 Å². The van der Waals surface area contributed by atoms with Crippen molar-refractivity contribution in [2.75, 3.05) is 0 Å². The second-order valence-corrected chi connectivity index (χ2v) is 10.5. The maximum Gasteiger partial charge on any atom is 0.302 e. The number of fused-ring (bicyclic) bond motifs is 5. The SMILES string of the molecule is CC(=O)O[C@@H]1CC[C@]2(C)[C@H](CC[C@H]3[C@H]4CC[C@](O)(C(C)=O)[C@]4(C)CC(=O)[C@@H]32)C1. The molecule has 0 amide bonds. The summed E-state index contributed by atoms with van der Waals surface area (Å²) in [7, 11) is 0. The van der Waals surface area contributed by atoms with Gasteiger partial charge in [-0.05, 0) is 75.0 Å². The predicted octanol–water partition coefficient (Wildman–Crippen LogP) is 3.46. The van der Waals surface area contributed by atoms with Gasteiger partial charge in [0.05, 0.1) is 0 Å². The number of carbonyl (C=O) groups is 3. The van der Waals surface area contributed by atoms with Crippen molar-refractivity contribution >= 4 is 17.5 Å². The Balaban J connectivity index is 1.63. The van der Waals surface area contributed by atoms with Crippen molar-refractivity contribution in [2.24, 2.45) is 34.5 Å². The Hall–Kier alpha value is -1.23. The first-order chi connectivity index (χ1) is 13.0. The molecule has 8 atom stereocenters. The van der Waals surface area contributed by atoms with E-state index in [1.54, 1.807) is 0 Å². The van der Waals surface area contributed by atoms with Crippen molar-refractivity contribution in [2.45, 2.75) is 90.8 Å². The molecule has 28 heavy (non-hydrogen) atoms. The Morgan fingerprint density at radius 3 is 2.43 bits per heavy atom. The van der Waals surface area contributed by atoms with E-state index < -0.39 is 11.0 Å². The van der Waals surface area contributed by atoms with Crippen molar-refractivity contribution in [3.8, 4) is 0 Å². The highest BCUT2D eigenvalue weighted by Gasteiger charge is 2.68. The van der Waals surface area contributed by atoms with Crippen LogP contribution in [0.1, 0.15) is 79.1 Å². The zero-order chi connectivity index (χ0) is 20.5. The standard InChI is InChI=1S/C23H34O5/c1-13(24)23(27)10-8-18-17-6-5-15-11-16(28-14(2)25)7-9-21(15,3)20(17)19(26)12-22(18,23)4/h15-18,20,27H,5-12H2,1-4H3/t15-,16-,17+,18-,20-,21-,22-,23+/m1/s1. The molecule has 0 aromatic heterocycles. The number of aliphatic hydroxyl groups is 1. The lowest BCUT2D eigenvalue weighted by molar-refractivity contribution is -0.181. The summed E-state index contributed by atoms with van der Waals surface area (Å²) in [6.45, 7) is 7.18. The third kappa shape index (κ3) is 2.57. The molecule has 0 unspecified atom stereocenters. The first-order valence-corrected chi connectivity index (χ1v) is 11.0. The molecule has 4 fully saturated rings. The van der Waals surface area contributed by atoms with Crippen molar-refractivity contribution in [1.29, 1.82) is 0 Å². The van der Waals surface area contributed by atoms with Gasteiger partial charge in [-0.3, -0.25) is 14.4 Å². The molecule has 0 aromatic rings. The van der Waals surface area contributed by atoms with Crippen LogP contribution in [0.5, 0.6) is 0 Å². The zero-order valence-electron chi connectivity index (χ0n) is 17.6. The molecule has 4 rings (SSSR count). The van der Waals surface area contributed by atoms with Gasteiger partial charge in [-0.2, -0.15) is 0 Å². The van der Waals surface area contributed by atoms with Crippen LogP contribution < -0.4 is 0 Å². The molecule has 0 aromatic carbocycles. The van der Waals surface area contributed by atoms with Gasteiger partial charge >= 0.3 is 5.97 Å². The Bertz CT molecular complexity index is 716. The number of ether oxygens (including phenoxy) is 1. The van der Waals surface area contributed by atoms with Crippen molar-refractivity contribution < 1.29 is 24.2 Å². The van der Waals surface area contributed by atoms with E-state index in [4.69, 9.17) is 4.74 Å². The zero-order valence-corrected chi connectivity index (χ0v) is 17.6. The van der Waals surface area contributed by atoms with Crippen LogP contribution in [0.15, 0.2) is 0 Å². The number of hydrogen-bond acceptors (Lipinski definition) is 5. The molecule has 0 heterocycles. The lowest BCUT2D eigenvalue weighted by Crippen LogP contribution is -2.61. The molecule has 1 N–H and O–H groups in total. The highest BCUT2D eigenvalue weighted by molar-refractivity contribution is 5.90.